The highest BCUT2D eigenvalue weighted by Gasteiger charge is 2.26. The Hall–Kier alpha value is -1.39. The highest BCUT2D eigenvalue weighted by Crippen LogP contribution is 2.19. The lowest BCUT2D eigenvalue weighted by Crippen LogP contribution is -2.52. The Balaban J connectivity index is 2.82. The van der Waals surface area contributed by atoms with Gasteiger partial charge < -0.3 is 10.6 Å². The van der Waals surface area contributed by atoms with Gasteiger partial charge >= 0.3 is 0 Å². The Labute approximate surface area is 128 Å². The van der Waals surface area contributed by atoms with Gasteiger partial charge in [0.05, 0.1) is 11.6 Å². The minimum absolute atomic E-state index is 0.0260. The molecule has 4 nitrogen and oxygen atoms in total. The molecule has 0 aromatic heterocycles. The Bertz CT molecular complexity index is 427. The van der Waals surface area contributed by atoms with Gasteiger partial charge in [-0.05, 0) is 39.5 Å². The van der Waals surface area contributed by atoms with E-state index >= 15 is 0 Å². The molecule has 1 atom stereocenters. The van der Waals surface area contributed by atoms with Crippen LogP contribution in [0.25, 0.3) is 0 Å². The van der Waals surface area contributed by atoms with Crippen LogP contribution in [0.2, 0.25) is 0 Å². The fourth-order valence-corrected chi connectivity index (χ4v) is 2.32. The summed E-state index contributed by atoms with van der Waals surface area (Å²) in [5.41, 5.74) is 0.689. The summed E-state index contributed by atoms with van der Waals surface area (Å²) in [6.07, 6.45) is 0. The van der Waals surface area contributed by atoms with Gasteiger partial charge in [-0.3, -0.25) is 9.69 Å². The van der Waals surface area contributed by atoms with Crippen LogP contribution < -0.4 is 10.6 Å². The second-order valence-electron chi connectivity index (χ2n) is 5.73. The number of nitrogens with zero attached hydrogens (tertiary/aromatic N) is 1. The first-order valence-electron chi connectivity index (χ1n) is 7.72. The summed E-state index contributed by atoms with van der Waals surface area (Å²) in [7, 11) is 1.80. The van der Waals surface area contributed by atoms with E-state index in [4.69, 9.17) is 0 Å². The van der Waals surface area contributed by atoms with Gasteiger partial charge in [0.2, 0.25) is 5.91 Å². The lowest BCUT2D eigenvalue weighted by atomic mass is 10.0. The van der Waals surface area contributed by atoms with Crippen LogP contribution in [0.4, 0.5) is 0 Å². The van der Waals surface area contributed by atoms with Crippen LogP contribution in [-0.2, 0) is 4.79 Å². The van der Waals surface area contributed by atoms with E-state index in [1.807, 2.05) is 32.0 Å². The summed E-state index contributed by atoms with van der Waals surface area (Å²) < 4.78 is 0. The SMILES string of the molecule is CCN(CC)C(CNC(=O)C(C)(C)NC)c1ccccc1. The number of likely N-dealkylation sites (N-methyl/N-ethyl adjacent to an activating group) is 2. The maximum atomic E-state index is 12.2. The molecule has 1 amide bonds. The molecule has 0 radical (unpaired) electrons. The van der Waals surface area contributed by atoms with E-state index in [0.29, 0.717) is 6.54 Å². The average molecular weight is 291 g/mol. The normalized spacial score (nSPS) is 13.2. The third-order valence-electron chi connectivity index (χ3n) is 4.09. The van der Waals surface area contributed by atoms with E-state index in [9.17, 15) is 4.79 Å². The van der Waals surface area contributed by atoms with Gasteiger partial charge in [-0.1, -0.05) is 44.2 Å². The molecule has 21 heavy (non-hydrogen) atoms. The monoisotopic (exact) mass is 291 g/mol. The fourth-order valence-electron chi connectivity index (χ4n) is 2.32. The van der Waals surface area contributed by atoms with Crippen molar-refractivity contribution in [1.82, 2.24) is 15.5 Å². The summed E-state index contributed by atoms with van der Waals surface area (Å²) >= 11 is 0. The fraction of sp³-hybridized carbons (Fsp3) is 0.588. The van der Waals surface area contributed by atoms with E-state index in [2.05, 4.69) is 41.5 Å². The molecule has 0 saturated carbocycles. The zero-order valence-electron chi connectivity index (χ0n) is 13.9. The largest absolute Gasteiger partial charge is 0.353 e. The number of benzene rings is 1. The summed E-state index contributed by atoms with van der Waals surface area (Å²) in [5.74, 6) is 0.0260. The third kappa shape index (κ3) is 4.83. The van der Waals surface area contributed by atoms with Crippen LogP contribution in [-0.4, -0.2) is 43.0 Å². The van der Waals surface area contributed by atoms with Crippen molar-refractivity contribution in [3.8, 4) is 0 Å². The Morgan fingerprint density at radius 3 is 2.24 bits per heavy atom. The zero-order valence-corrected chi connectivity index (χ0v) is 13.9. The number of rotatable bonds is 8. The molecule has 0 aliphatic carbocycles. The molecule has 0 aliphatic rings. The van der Waals surface area contributed by atoms with Crippen molar-refractivity contribution in [2.45, 2.75) is 39.3 Å². The molecule has 1 aromatic carbocycles. The van der Waals surface area contributed by atoms with Crippen LogP contribution in [0.5, 0.6) is 0 Å². The lowest BCUT2D eigenvalue weighted by molar-refractivity contribution is -0.126. The summed E-state index contributed by atoms with van der Waals surface area (Å²) in [4.78, 5) is 14.6. The Kier molecular flexibility index (Phi) is 6.85. The molecule has 1 unspecified atom stereocenters. The van der Waals surface area contributed by atoms with Gasteiger partial charge in [0.25, 0.3) is 0 Å². The summed E-state index contributed by atoms with van der Waals surface area (Å²) in [6, 6.07) is 10.6. The average Bonchev–Trinajstić information content (AvgIpc) is 2.51. The van der Waals surface area contributed by atoms with Gasteiger partial charge in [0.15, 0.2) is 0 Å². The van der Waals surface area contributed by atoms with Gasteiger partial charge in [-0.15, -0.1) is 0 Å². The van der Waals surface area contributed by atoms with Crippen LogP contribution in [0.3, 0.4) is 0 Å². The number of carbonyl (C=O) groups excluding carboxylic acids is 1. The van der Waals surface area contributed by atoms with E-state index in [1.165, 1.54) is 5.56 Å². The highest BCUT2D eigenvalue weighted by atomic mass is 16.2. The maximum Gasteiger partial charge on any atom is 0.239 e. The minimum Gasteiger partial charge on any atom is -0.353 e. The molecule has 1 rings (SSSR count). The van der Waals surface area contributed by atoms with Gasteiger partial charge in [0.1, 0.15) is 0 Å². The smallest absolute Gasteiger partial charge is 0.239 e. The van der Waals surface area contributed by atoms with Gasteiger partial charge in [-0.25, -0.2) is 0 Å². The molecule has 0 spiro atoms. The Morgan fingerprint density at radius 2 is 1.76 bits per heavy atom. The topological polar surface area (TPSA) is 44.4 Å². The first-order chi connectivity index (χ1) is 9.96. The van der Waals surface area contributed by atoms with Crippen molar-refractivity contribution < 1.29 is 4.79 Å². The van der Waals surface area contributed by atoms with Crippen LogP contribution in [0.1, 0.15) is 39.3 Å². The second kappa shape index (κ2) is 8.15. The molecule has 0 fully saturated rings. The van der Waals surface area contributed by atoms with Crippen molar-refractivity contribution >= 4 is 5.91 Å². The molecule has 0 aliphatic heterocycles. The Morgan fingerprint density at radius 1 is 1.19 bits per heavy atom. The lowest BCUT2D eigenvalue weighted by Gasteiger charge is -2.32. The number of amides is 1. The molecule has 1 aromatic rings. The number of hydrogen-bond acceptors (Lipinski definition) is 3. The van der Waals surface area contributed by atoms with Gasteiger partial charge in [-0.2, -0.15) is 0 Å². The third-order valence-corrected chi connectivity index (χ3v) is 4.09. The number of nitrogens with one attached hydrogen (secondary N) is 2. The second-order valence-corrected chi connectivity index (χ2v) is 5.73. The molecule has 118 valence electrons. The predicted molar refractivity (Wildman–Crippen MR) is 88.3 cm³/mol. The molecular weight excluding hydrogens is 262 g/mol. The van der Waals surface area contributed by atoms with Crippen molar-refractivity contribution in [2.75, 3.05) is 26.7 Å². The summed E-state index contributed by atoms with van der Waals surface area (Å²) in [5, 5.41) is 6.11. The predicted octanol–water partition coefficient (Wildman–Crippen LogP) is 2.18. The van der Waals surface area contributed by atoms with Crippen molar-refractivity contribution in [1.29, 1.82) is 0 Å². The van der Waals surface area contributed by atoms with Crippen molar-refractivity contribution in [3.63, 3.8) is 0 Å². The van der Waals surface area contributed by atoms with Crippen molar-refractivity contribution in [3.05, 3.63) is 35.9 Å². The first-order valence-corrected chi connectivity index (χ1v) is 7.72. The number of carbonyl (C=O) groups is 1. The quantitative estimate of drug-likeness (QED) is 0.771. The first kappa shape index (κ1) is 17.7. The van der Waals surface area contributed by atoms with E-state index in [-0.39, 0.29) is 11.9 Å². The minimum atomic E-state index is -0.551. The van der Waals surface area contributed by atoms with E-state index in [0.717, 1.165) is 13.1 Å². The molecular formula is C17H29N3O. The van der Waals surface area contributed by atoms with Gasteiger partial charge in [0, 0.05) is 6.54 Å². The molecule has 0 bridgehead atoms. The standard InChI is InChI=1S/C17H29N3O/c1-6-20(7-2)15(14-11-9-8-10-12-14)13-19-16(21)17(3,4)18-5/h8-12,15,18H,6-7,13H2,1-5H3,(H,19,21). The van der Waals surface area contributed by atoms with E-state index < -0.39 is 5.54 Å². The zero-order chi connectivity index (χ0) is 15.9. The molecule has 0 saturated heterocycles. The maximum absolute atomic E-state index is 12.2. The molecule has 4 heteroatoms. The van der Waals surface area contributed by atoms with Crippen LogP contribution in [0, 0.1) is 0 Å². The molecule has 2 N–H and O–H groups in total. The number of hydrogen-bond donors (Lipinski definition) is 2. The highest BCUT2D eigenvalue weighted by molar-refractivity contribution is 5.85. The van der Waals surface area contributed by atoms with Crippen molar-refractivity contribution in [2.24, 2.45) is 0 Å². The molecule has 0 heterocycles. The summed E-state index contributed by atoms with van der Waals surface area (Å²) in [6.45, 7) is 10.6. The van der Waals surface area contributed by atoms with Crippen LogP contribution >= 0.6 is 0 Å². The van der Waals surface area contributed by atoms with Crippen LogP contribution in [0.15, 0.2) is 30.3 Å². The van der Waals surface area contributed by atoms with E-state index in [1.54, 1.807) is 7.05 Å².